The van der Waals surface area contributed by atoms with E-state index in [1.807, 2.05) is 13.0 Å². The highest BCUT2D eigenvalue weighted by molar-refractivity contribution is 6.29. The summed E-state index contributed by atoms with van der Waals surface area (Å²) in [6, 6.07) is 1.85. The van der Waals surface area contributed by atoms with E-state index < -0.39 is 0 Å². The van der Waals surface area contributed by atoms with Gasteiger partial charge in [-0.25, -0.2) is 4.98 Å². The van der Waals surface area contributed by atoms with Crippen LogP contribution >= 0.6 is 11.6 Å². The highest BCUT2D eigenvalue weighted by Gasteiger charge is 1.99. The van der Waals surface area contributed by atoms with E-state index in [4.69, 9.17) is 11.6 Å². The number of nitrogens with zero attached hydrogens (tertiary/aromatic N) is 2. The van der Waals surface area contributed by atoms with Crippen LogP contribution in [-0.2, 0) is 6.42 Å². The van der Waals surface area contributed by atoms with Crippen LogP contribution in [0.3, 0.4) is 0 Å². The molecule has 0 radical (unpaired) electrons. The topological polar surface area (TPSA) is 25.2 Å². The van der Waals surface area contributed by atoms with Crippen LogP contribution in [0, 0.1) is 0 Å². The Morgan fingerprint density at radius 1 is 1.67 bits per heavy atom. The van der Waals surface area contributed by atoms with Gasteiger partial charge >= 0.3 is 0 Å². The van der Waals surface area contributed by atoms with Gasteiger partial charge in [-0.2, -0.15) is 0 Å². The summed E-state index contributed by atoms with van der Waals surface area (Å²) in [5.74, 6) is 0. The summed E-state index contributed by atoms with van der Waals surface area (Å²) in [5.41, 5.74) is 2.04. The summed E-state index contributed by atoms with van der Waals surface area (Å²) >= 11 is 5.73. The summed E-state index contributed by atoms with van der Waals surface area (Å²) in [7, 11) is 0. The average Bonchev–Trinajstić information content (AvgIpc) is 2.08. The van der Waals surface area contributed by atoms with E-state index in [0.717, 1.165) is 17.7 Å². The van der Waals surface area contributed by atoms with E-state index in [9.17, 15) is 0 Å². The maximum absolute atomic E-state index is 5.73. The molecule has 2 nitrogen and oxygen atoms in total. The van der Waals surface area contributed by atoms with Crippen LogP contribution in [0.1, 0.15) is 19.4 Å². The van der Waals surface area contributed by atoms with Crippen LogP contribution in [0.15, 0.2) is 17.3 Å². The first kappa shape index (κ1) is 9.20. The quantitative estimate of drug-likeness (QED) is 0.510. The van der Waals surface area contributed by atoms with Gasteiger partial charge in [0.05, 0.1) is 11.9 Å². The minimum Gasteiger partial charge on any atom is -0.260 e. The third-order valence-electron chi connectivity index (χ3n) is 1.58. The molecule has 0 saturated carbocycles. The van der Waals surface area contributed by atoms with Crippen molar-refractivity contribution < 1.29 is 0 Å². The lowest BCUT2D eigenvalue weighted by molar-refractivity contribution is 1.11. The Bertz CT molecular complexity index is 295. The lowest BCUT2D eigenvalue weighted by Gasteiger charge is -2.01. The zero-order chi connectivity index (χ0) is 8.97. The molecule has 0 unspecified atom stereocenters. The number of halogens is 1. The Hall–Kier alpha value is -0.890. The molecule has 1 heterocycles. The van der Waals surface area contributed by atoms with Gasteiger partial charge in [-0.1, -0.05) is 18.5 Å². The van der Waals surface area contributed by atoms with E-state index >= 15 is 0 Å². The molecule has 3 heteroatoms. The fraction of sp³-hybridized carbons (Fsp3) is 0.333. The summed E-state index contributed by atoms with van der Waals surface area (Å²) in [6.07, 6.45) is 4.38. The molecule has 0 aromatic carbocycles. The molecular formula is C9H11ClN2. The van der Waals surface area contributed by atoms with Gasteiger partial charge in [0.25, 0.3) is 0 Å². The Morgan fingerprint density at radius 3 is 3.00 bits per heavy atom. The van der Waals surface area contributed by atoms with Crippen molar-refractivity contribution in [3.05, 3.63) is 23.0 Å². The van der Waals surface area contributed by atoms with Crippen molar-refractivity contribution in [2.24, 2.45) is 4.99 Å². The lowest BCUT2D eigenvalue weighted by atomic mass is 10.2. The molecule has 12 heavy (non-hydrogen) atoms. The third kappa shape index (κ3) is 2.05. The maximum Gasteiger partial charge on any atom is 0.129 e. The normalized spacial score (nSPS) is 10.9. The third-order valence-corrected chi connectivity index (χ3v) is 1.79. The van der Waals surface area contributed by atoms with Crippen LogP contribution < -0.4 is 0 Å². The average molecular weight is 183 g/mol. The van der Waals surface area contributed by atoms with Crippen molar-refractivity contribution in [1.29, 1.82) is 0 Å². The fourth-order valence-corrected chi connectivity index (χ4v) is 1.18. The van der Waals surface area contributed by atoms with Gasteiger partial charge in [-0.3, -0.25) is 4.99 Å². The molecule has 0 fully saturated rings. The van der Waals surface area contributed by atoms with E-state index in [1.165, 1.54) is 0 Å². The second-order valence-electron chi connectivity index (χ2n) is 2.38. The lowest BCUT2D eigenvalue weighted by Crippen LogP contribution is -1.84. The van der Waals surface area contributed by atoms with Crippen molar-refractivity contribution in [1.82, 2.24) is 4.98 Å². The van der Waals surface area contributed by atoms with Gasteiger partial charge in [0, 0.05) is 6.21 Å². The number of aromatic nitrogens is 1. The molecule has 0 bridgehead atoms. The van der Waals surface area contributed by atoms with Crippen LogP contribution in [0.5, 0.6) is 0 Å². The summed E-state index contributed by atoms with van der Waals surface area (Å²) < 4.78 is 0. The van der Waals surface area contributed by atoms with Crippen molar-refractivity contribution >= 4 is 23.5 Å². The van der Waals surface area contributed by atoms with Gasteiger partial charge < -0.3 is 0 Å². The Labute approximate surface area is 77.3 Å². The van der Waals surface area contributed by atoms with E-state index in [1.54, 1.807) is 12.4 Å². The second kappa shape index (κ2) is 4.21. The molecule has 0 N–H and O–H groups in total. The first-order chi connectivity index (χ1) is 5.77. The highest BCUT2D eigenvalue weighted by atomic mass is 35.5. The van der Waals surface area contributed by atoms with Crippen molar-refractivity contribution in [3.63, 3.8) is 0 Å². The molecule has 0 aliphatic rings. The second-order valence-corrected chi connectivity index (χ2v) is 2.76. The van der Waals surface area contributed by atoms with Crippen LogP contribution in [0.2, 0.25) is 5.15 Å². The Balaban J connectivity index is 3.10. The van der Waals surface area contributed by atoms with Gasteiger partial charge in [0.15, 0.2) is 0 Å². The van der Waals surface area contributed by atoms with Crippen LogP contribution in [0.4, 0.5) is 5.69 Å². The first-order valence-electron chi connectivity index (χ1n) is 3.91. The largest absolute Gasteiger partial charge is 0.260 e. The predicted molar refractivity (Wildman–Crippen MR) is 52.5 cm³/mol. The molecule has 0 amide bonds. The molecule has 0 spiro atoms. The molecule has 0 aliphatic carbocycles. The molecule has 64 valence electrons. The number of rotatable bonds is 2. The molecular weight excluding hydrogens is 172 g/mol. The van der Waals surface area contributed by atoms with Gasteiger partial charge in [0.2, 0.25) is 0 Å². The van der Waals surface area contributed by atoms with Gasteiger partial charge in [-0.05, 0) is 25.0 Å². The minimum absolute atomic E-state index is 0.530. The molecule has 1 aromatic heterocycles. The Kier molecular flexibility index (Phi) is 3.23. The van der Waals surface area contributed by atoms with Crippen molar-refractivity contribution in [3.8, 4) is 0 Å². The monoisotopic (exact) mass is 182 g/mol. The van der Waals surface area contributed by atoms with Gasteiger partial charge in [-0.15, -0.1) is 0 Å². The number of hydrogen-bond donors (Lipinski definition) is 0. The summed E-state index contributed by atoms with van der Waals surface area (Å²) in [6.45, 7) is 3.95. The summed E-state index contributed by atoms with van der Waals surface area (Å²) in [4.78, 5) is 8.13. The molecule has 1 aromatic rings. The molecule has 0 saturated heterocycles. The number of aliphatic imine (C=N–C) groups is 1. The SMILES string of the molecule is CC=Nc1cnc(Cl)cc1CC. The van der Waals surface area contributed by atoms with Crippen molar-refractivity contribution in [2.75, 3.05) is 0 Å². The molecule has 0 aliphatic heterocycles. The van der Waals surface area contributed by atoms with Crippen molar-refractivity contribution in [2.45, 2.75) is 20.3 Å². The van der Waals surface area contributed by atoms with E-state index in [0.29, 0.717) is 5.15 Å². The molecule has 0 atom stereocenters. The number of hydrogen-bond acceptors (Lipinski definition) is 2. The van der Waals surface area contributed by atoms with Crippen LogP contribution in [-0.4, -0.2) is 11.2 Å². The molecule has 1 rings (SSSR count). The maximum atomic E-state index is 5.73. The highest BCUT2D eigenvalue weighted by Crippen LogP contribution is 2.20. The predicted octanol–water partition coefficient (Wildman–Crippen LogP) is 3.02. The minimum atomic E-state index is 0.530. The zero-order valence-corrected chi connectivity index (χ0v) is 7.97. The van der Waals surface area contributed by atoms with Crippen LogP contribution in [0.25, 0.3) is 0 Å². The summed E-state index contributed by atoms with van der Waals surface area (Å²) in [5, 5.41) is 0.530. The van der Waals surface area contributed by atoms with Gasteiger partial charge in [0.1, 0.15) is 5.15 Å². The smallest absolute Gasteiger partial charge is 0.129 e. The Morgan fingerprint density at radius 2 is 2.42 bits per heavy atom. The van der Waals surface area contributed by atoms with E-state index in [-0.39, 0.29) is 0 Å². The van der Waals surface area contributed by atoms with E-state index in [2.05, 4.69) is 16.9 Å². The number of aryl methyl sites for hydroxylation is 1. The number of pyridine rings is 1. The zero-order valence-electron chi connectivity index (χ0n) is 7.21. The first-order valence-corrected chi connectivity index (χ1v) is 4.28. The fourth-order valence-electron chi connectivity index (χ4n) is 0.999. The standard InChI is InChI=1S/C9H11ClN2/c1-3-7-5-9(10)12-6-8(7)11-4-2/h4-6H,3H2,1-2H3.